The van der Waals surface area contributed by atoms with Crippen molar-refractivity contribution in [3.8, 4) is 0 Å². The third-order valence-corrected chi connectivity index (χ3v) is 3.10. The maximum Gasteiger partial charge on any atom is 0.321 e. The highest BCUT2D eigenvalue weighted by atomic mass is 16.2. The van der Waals surface area contributed by atoms with Crippen LogP contribution in [0.3, 0.4) is 0 Å². The van der Waals surface area contributed by atoms with Crippen molar-refractivity contribution in [1.82, 2.24) is 14.7 Å². The molecule has 5 nitrogen and oxygen atoms in total. The van der Waals surface area contributed by atoms with Crippen LogP contribution in [0.4, 0.5) is 4.79 Å². The highest BCUT2D eigenvalue weighted by molar-refractivity contribution is 5.81. The van der Waals surface area contributed by atoms with E-state index < -0.39 is 0 Å². The van der Waals surface area contributed by atoms with Gasteiger partial charge in [-0.25, -0.2) is 4.79 Å². The van der Waals surface area contributed by atoms with Gasteiger partial charge in [0.15, 0.2) is 0 Å². The molecule has 5 heteroatoms. The number of urea groups is 1. The van der Waals surface area contributed by atoms with Gasteiger partial charge < -0.3 is 14.7 Å². The lowest BCUT2D eigenvalue weighted by Crippen LogP contribution is -2.57. The molecular weight excluding hydrogens is 194 g/mol. The molecule has 2 rings (SSSR count). The molecule has 2 aliphatic rings. The van der Waals surface area contributed by atoms with E-state index in [4.69, 9.17) is 0 Å². The second kappa shape index (κ2) is 3.72. The summed E-state index contributed by atoms with van der Waals surface area (Å²) in [5.41, 5.74) is 0. The summed E-state index contributed by atoms with van der Waals surface area (Å²) in [4.78, 5) is 28.7. The van der Waals surface area contributed by atoms with E-state index >= 15 is 0 Å². The van der Waals surface area contributed by atoms with Gasteiger partial charge in [0.25, 0.3) is 0 Å². The van der Waals surface area contributed by atoms with Crippen LogP contribution in [0, 0.1) is 0 Å². The Morgan fingerprint density at radius 3 is 2.80 bits per heavy atom. The molecule has 2 saturated heterocycles. The molecule has 0 bridgehead atoms. The van der Waals surface area contributed by atoms with Gasteiger partial charge in [-0.3, -0.25) is 4.79 Å². The van der Waals surface area contributed by atoms with Gasteiger partial charge in [-0.05, 0) is 12.8 Å². The van der Waals surface area contributed by atoms with Crippen molar-refractivity contribution in [2.24, 2.45) is 0 Å². The van der Waals surface area contributed by atoms with Crippen molar-refractivity contribution in [2.75, 3.05) is 27.2 Å². The van der Waals surface area contributed by atoms with E-state index in [0.717, 1.165) is 19.4 Å². The molecule has 2 aliphatic heterocycles. The molecule has 0 N–H and O–H groups in total. The zero-order valence-electron chi connectivity index (χ0n) is 9.27. The van der Waals surface area contributed by atoms with Gasteiger partial charge in [0, 0.05) is 33.6 Å². The molecule has 1 unspecified atom stereocenters. The molecule has 0 aliphatic carbocycles. The predicted octanol–water partition coefficient (Wildman–Crippen LogP) is 0.322. The molecular formula is C10H17N3O2. The fourth-order valence-corrected chi connectivity index (χ4v) is 2.35. The highest BCUT2D eigenvalue weighted by Crippen LogP contribution is 2.26. The van der Waals surface area contributed by atoms with Crippen LogP contribution in [-0.2, 0) is 4.79 Å². The van der Waals surface area contributed by atoms with Crippen molar-refractivity contribution < 1.29 is 9.59 Å². The van der Waals surface area contributed by atoms with Crippen molar-refractivity contribution in [3.05, 3.63) is 0 Å². The molecule has 84 valence electrons. The monoisotopic (exact) mass is 211 g/mol. The summed E-state index contributed by atoms with van der Waals surface area (Å²) in [5, 5.41) is 0. The Morgan fingerprint density at radius 2 is 2.13 bits per heavy atom. The number of fused-ring (bicyclic) bond motifs is 1. The summed E-state index contributed by atoms with van der Waals surface area (Å²) in [5.74, 6) is 0.195. The standard InChI is InChI=1S/C10H17N3O2/c1-11(2)10(15)13-7-5-9(14)12-6-3-4-8(12)13/h8H,3-7H2,1-2H3. The Labute approximate surface area is 89.6 Å². The maximum atomic E-state index is 11.9. The van der Waals surface area contributed by atoms with Crippen molar-refractivity contribution >= 4 is 11.9 Å². The summed E-state index contributed by atoms with van der Waals surface area (Å²) in [6.07, 6.45) is 2.41. The minimum Gasteiger partial charge on any atom is -0.331 e. The van der Waals surface area contributed by atoms with Gasteiger partial charge in [0.1, 0.15) is 6.17 Å². The summed E-state index contributed by atoms with van der Waals surface area (Å²) in [6, 6.07) is 0.0133. The van der Waals surface area contributed by atoms with Gasteiger partial charge in [0.2, 0.25) is 5.91 Å². The van der Waals surface area contributed by atoms with Crippen LogP contribution >= 0.6 is 0 Å². The second-order valence-electron chi connectivity index (χ2n) is 4.33. The minimum atomic E-state index is 0.0133. The van der Waals surface area contributed by atoms with Gasteiger partial charge in [-0.1, -0.05) is 0 Å². The number of carbonyl (C=O) groups excluding carboxylic acids is 2. The third-order valence-electron chi connectivity index (χ3n) is 3.10. The molecule has 0 saturated carbocycles. The van der Waals surface area contributed by atoms with E-state index in [1.807, 2.05) is 9.80 Å². The van der Waals surface area contributed by atoms with Crippen LogP contribution in [0.2, 0.25) is 0 Å². The first-order valence-electron chi connectivity index (χ1n) is 5.38. The number of rotatable bonds is 0. The quantitative estimate of drug-likeness (QED) is 0.579. The molecule has 3 amide bonds. The predicted molar refractivity (Wildman–Crippen MR) is 55.1 cm³/mol. The molecule has 0 radical (unpaired) electrons. The molecule has 2 fully saturated rings. The van der Waals surface area contributed by atoms with Crippen molar-refractivity contribution in [3.63, 3.8) is 0 Å². The normalized spacial score (nSPS) is 25.5. The fraction of sp³-hybridized carbons (Fsp3) is 0.800. The largest absolute Gasteiger partial charge is 0.331 e. The average Bonchev–Trinajstić information content (AvgIpc) is 2.66. The zero-order chi connectivity index (χ0) is 11.0. The molecule has 2 heterocycles. The van der Waals surface area contributed by atoms with Crippen molar-refractivity contribution in [2.45, 2.75) is 25.4 Å². The summed E-state index contributed by atoms with van der Waals surface area (Å²) < 4.78 is 0. The fourth-order valence-electron chi connectivity index (χ4n) is 2.35. The van der Waals surface area contributed by atoms with Crippen LogP contribution in [0.25, 0.3) is 0 Å². The number of hydrogen-bond donors (Lipinski definition) is 0. The second-order valence-corrected chi connectivity index (χ2v) is 4.33. The lowest BCUT2D eigenvalue weighted by Gasteiger charge is -2.40. The summed E-state index contributed by atoms with van der Waals surface area (Å²) >= 11 is 0. The van der Waals surface area contributed by atoms with Gasteiger partial charge in [0.05, 0.1) is 0 Å². The molecule has 0 spiro atoms. The Bertz CT molecular complexity index is 290. The molecule has 0 aromatic rings. The van der Waals surface area contributed by atoms with Crippen LogP contribution in [-0.4, -0.2) is 60.0 Å². The average molecular weight is 211 g/mol. The molecule has 15 heavy (non-hydrogen) atoms. The van der Waals surface area contributed by atoms with Crippen LogP contribution in [0.1, 0.15) is 19.3 Å². The van der Waals surface area contributed by atoms with E-state index in [0.29, 0.717) is 13.0 Å². The Balaban J connectivity index is 2.14. The lowest BCUT2D eigenvalue weighted by atomic mass is 10.2. The topological polar surface area (TPSA) is 43.9 Å². The Morgan fingerprint density at radius 1 is 1.40 bits per heavy atom. The number of hydrogen-bond acceptors (Lipinski definition) is 2. The van der Waals surface area contributed by atoms with Crippen LogP contribution in [0.15, 0.2) is 0 Å². The Kier molecular flexibility index (Phi) is 2.54. The minimum absolute atomic E-state index is 0.0133. The first-order chi connectivity index (χ1) is 7.11. The summed E-state index contributed by atoms with van der Waals surface area (Å²) in [7, 11) is 3.50. The van der Waals surface area contributed by atoms with E-state index in [1.54, 1.807) is 19.0 Å². The summed E-state index contributed by atoms with van der Waals surface area (Å²) in [6.45, 7) is 1.37. The van der Waals surface area contributed by atoms with Crippen LogP contribution < -0.4 is 0 Å². The third kappa shape index (κ3) is 1.66. The van der Waals surface area contributed by atoms with Gasteiger partial charge in [-0.2, -0.15) is 0 Å². The van der Waals surface area contributed by atoms with Crippen molar-refractivity contribution in [1.29, 1.82) is 0 Å². The van der Waals surface area contributed by atoms with Gasteiger partial charge in [-0.15, -0.1) is 0 Å². The number of amides is 3. The van der Waals surface area contributed by atoms with Gasteiger partial charge >= 0.3 is 6.03 Å². The van der Waals surface area contributed by atoms with E-state index in [1.165, 1.54) is 0 Å². The van der Waals surface area contributed by atoms with E-state index in [9.17, 15) is 9.59 Å². The highest BCUT2D eigenvalue weighted by Gasteiger charge is 2.39. The first-order valence-corrected chi connectivity index (χ1v) is 5.38. The molecule has 0 aromatic carbocycles. The first kappa shape index (κ1) is 10.3. The van der Waals surface area contributed by atoms with E-state index in [2.05, 4.69) is 0 Å². The smallest absolute Gasteiger partial charge is 0.321 e. The maximum absolute atomic E-state index is 11.9. The lowest BCUT2D eigenvalue weighted by molar-refractivity contribution is -0.139. The SMILES string of the molecule is CN(C)C(=O)N1CCC(=O)N2CCCC21. The van der Waals surface area contributed by atoms with E-state index in [-0.39, 0.29) is 18.1 Å². The molecule has 0 aromatic heterocycles. The number of nitrogens with zero attached hydrogens (tertiary/aromatic N) is 3. The number of carbonyl (C=O) groups is 2. The zero-order valence-corrected chi connectivity index (χ0v) is 9.27. The molecule has 1 atom stereocenters. The Hall–Kier alpha value is -1.26. The van der Waals surface area contributed by atoms with Crippen LogP contribution in [0.5, 0.6) is 0 Å².